The lowest BCUT2D eigenvalue weighted by Gasteiger charge is -2.36. The highest BCUT2D eigenvalue weighted by molar-refractivity contribution is 5.86. The van der Waals surface area contributed by atoms with E-state index in [4.69, 9.17) is 5.11 Å². The number of carboxylic acids is 1. The summed E-state index contributed by atoms with van der Waals surface area (Å²) in [6, 6.07) is 0. The van der Waals surface area contributed by atoms with Crippen LogP contribution in [0.15, 0.2) is 58.9 Å². The Labute approximate surface area is 155 Å². The van der Waals surface area contributed by atoms with Crippen LogP contribution in [0.2, 0.25) is 0 Å². The standard InChI is InChI=1S/C21H29NO4/c1-15(8-6-9-16(2)14-19(24)25)11-12-17-18(23)10-7-13-21(17,3)20(26)22(4)5/h6,8-9,11-12,14,23H,7,10,13H2,1-5H3,(H,24,25)/b9-6+,12-11+,15-8+,16-14+/t21-/m0/s1. The van der Waals surface area contributed by atoms with Crippen LogP contribution in [0.1, 0.15) is 40.0 Å². The third-order valence-electron chi connectivity index (χ3n) is 4.46. The van der Waals surface area contributed by atoms with E-state index in [-0.39, 0.29) is 11.7 Å². The van der Waals surface area contributed by atoms with E-state index in [0.717, 1.165) is 18.1 Å². The first-order valence-corrected chi connectivity index (χ1v) is 8.66. The molecule has 0 spiro atoms. The summed E-state index contributed by atoms with van der Waals surface area (Å²) < 4.78 is 0. The Kier molecular flexibility index (Phi) is 7.62. The summed E-state index contributed by atoms with van der Waals surface area (Å²) in [4.78, 5) is 24.8. The van der Waals surface area contributed by atoms with Gasteiger partial charge in [-0.15, -0.1) is 0 Å². The number of allylic oxidation sites excluding steroid dienone is 8. The molecule has 5 heteroatoms. The first kappa shape index (κ1) is 21.5. The van der Waals surface area contributed by atoms with Crippen LogP contribution >= 0.6 is 0 Å². The van der Waals surface area contributed by atoms with Crippen LogP contribution < -0.4 is 0 Å². The lowest BCUT2D eigenvalue weighted by atomic mass is 9.72. The van der Waals surface area contributed by atoms with E-state index >= 15 is 0 Å². The lowest BCUT2D eigenvalue weighted by molar-refractivity contribution is -0.137. The number of amides is 1. The molecule has 1 aliphatic carbocycles. The van der Waals surface area contributed by atoms with Gasteiger partial charge in [0.05, 0.1) is 11.2 Å². The van der Waals surface area contributed by atoms with Crippen LogP contribution in [0.5, 0.6) is 0 Å². The van der Waals surface area contributed by atoms with Crippen molar-refractivity contribution >= 4 is 11.9 Å². The molecule has 142 valence electrons. The summed E-state index contributed by atoms with van der Waals surface area (Å²) in [5, 5.41) is 19.0. The zero-order chi connectivity index (χ0) is 19.9. The highest BCUT2D eigenvalue weighted by atomic mass is 16.4. The summed E-state index contributed by atoms with van der Waals surface area (Å²) >= 11 is 0. The van der Waals surface area contributed by atoms with E-state index in [2.05, 4.69) is 0 Å². The minimum absolute atomic E-state index is 0.0145. The molecule has 1 aliphatic rings. The van der Waals surface area contributed by atoms with Crippen molar-refractivity contribution in [2.45, 2.75) is 40.0 Å². The Morgan fingerprint density at radius 3 is 2.38 bits per heavy atom. The van der Waals surface area contributed by atoms with Crippen LogP contribution in [0, 0.1) is 5.41 Å². The SMILES string of the molecule is CC(/C=C/C1=C(O)CCC[C@]1(C)C(=O)N(C)C)=C\C=C\C(C)=C\C(=O)O. The summed E-state index contributed by atoms with van der Waals surface area (Å²) in [7, 11) is 3.45. The molecule has 26 heavy (non-hydrogen) atoms. The number of hydrogen-bond donors (Lipinski definition) is 2. The van der Waals surface area contributed by atoms with Gasteiger partial charge in [0, 0.05) is 32.2 Å². The van der Waals surface area contributed by atoms with Gasteiger partial charge in [0.15, 0.2) is 0 Å². The molecule has 0 aliphatic heterocycles. The van der Waals surface area contributed by atoms with Crippen molar-refractivity contribution < 1.29 is 19.8 Å². The fraction of sp³-hybridized carbons (Fsp3) is 0.429. The van der Waals surface area contributed by atoms with Gasteiger partial charge in [0.1, 0.15) is 0 Å². The Hall–Kier alpha value is -2.56. The molecule has 0 saturated carbocycles. The van der Waals surface area contributed by atoms with Crippen molar-refractivity contribution in [3.05, 3.63) is 58.9 Å². The molecular weight excluding hydrogens is 330 g/mol. The Balaban J connectivity index is 3.02. The molecule has 0 bridgehead atoms. The first-order valence-electron chi connectivity index (χ1n) is 8.66. The number of nitrogens with zero attached hydrogens (tertiary/aromatic N) is 1. The van der Waals surface area contributed by atoms with Crippen molar-refractivity contribution in [3.8, 4) is 0 Å². The Morgan fingerprint density at radius 1 is 1.15 bits per heavy atom. The molecule has 0 saturated heterocycles. The molecule has 0 unspecified atom stereocenters. The van der Waals surface area contributed by atoms with Gasteiger partial charge in [-0.3, -0.25) is 4.79 Å². The molecule has 0 fully saturated rings. The number of aliphatic hydroxyl groups excluding tert-OH is 1. The summed E-state index contributed by atoms with van der Waals surface area (Å²) in [6.45, 7) is 5.50. The molecule has 0 aromatic rings. The minimum atomic E-state index is -0.975. The third kappa shape index (κ3) is 5.76. The smallest absolute Gasteiger partial charge is 0.328 e. The summed E-state index contributed by atoms with van der Waals surface area (Å²) in [6.07, 6.45) is 12.2. The average molecular weight is 359 g/mol. The topological polar surface area (TPSA) is 77.8 Å². The van der Waals surface area contributed by atoms with Crippen LogP contribution in [0.4, 0.5) is 0 Å². The number of carbonyl (C=O) groups is 2. The van der Waals surface area contributed by atoms with Gasteiger partial charge in [-0.05, 0) is 39.2 Å². The van der Waals surface area contributed by atoms with Gasteiger partial charge < -0.3 is 15.1 Å². The molecule has 0 aromatic heterocycles. The predicted octanol–water partition coefficient (Wildman–Crippen LogP) is 4.17. The van der Waals surface area contributed by atoms with Crippen molar-refractivity contribution in [2.75, 3.05) is 14.1 Å². The van der Waals surface area contributed by atoms with Crippen LogP contribution in [0.25, 0.3) is 0 Å². The van der Waals surface area contributed by atoms with Gasteiger partial charge in [0.2, 0.25) is 5.91 Å². The molecule has 0 heterocycles. The molecule has 0 aromatic carbocycles. The normalized spacial score (nSPS) is 22.3. The van der Waals surface area contributed by atoms with Gasteiger partial charge in [-0.2, -0.15) is 0 Å². The van der Waals surface area contributed by atoms with Crippen molar-refractivity contribution in [1.82, 2.24) is 4.90 Å². The number of carboxylic acid groups (broad SMARTS) is 1. The molecular formula is C21H29NO4. The largest absolute Gasteiger partial charge is 0.512 e. The van der Waals surface area contributed by atoms with Crippen LogP contribution in [-0.2, 0) is 9.59 Å². The fourth-order valence-electron chi connectivity index (χ4n) is 3.06. The quantitative estimate of drug-likeness (QED) is 0.551. The highest BCUT2D eigenvalue weighted by Gasteiger charge is 2.40. The summed E-state index contributed by atoms with van der Waals surface area (Å²) in [5.41, 5.74) is 1.51. The number of aliphatic carboxylic acids is 1. The predicted molar refractivity (Wildman–Crippen MR) is 104 cm³/mol. The van der Waals surface area contributed by atoms with Crippen LogP contribution in [-0.4, -0.2) is 41.1 Å². The number of hydrogen-bond acceptors (Lipinski definition) is 3. The van der Waals surface area contributed by atoms with Gasteiger partial charge in [-0.25, -0.2) is 4.79 Å². The molecule has 1 atom stereocenters. The number of carbonyl (C=O) groups excluding carboxylic acids is 1. The van der Waals surface area contributed by atoms with E-state index < -0.39 is 11.4 Å². The second-order valence-corrected chi connectivity index (χ2v) is 7.08. The van der Waals surface area contributed by atoms with Crippen molar-refractivity contribution in [3.63, 3.8) is 0 Å². The average Bonchev–Trinajstić information content (AvgIpc) is 2.52. The highest BCUT2D eigenvalue weighted by Crippen LogP contribution is 2.42. The molecule has 1 rings (SSSR count). The van der Waals surface area contributed by atoms with Crippen LogP contribution in [0.3, 0.4) is 0 Å². The Morgan fingerprint density at radius 2 is 1.81 bits per heavy atom. The second kappa shape index (κ2) is 9.22. The molecule has 1 amide bonds. The third-order valence-corrected chi connectivity index (χ3v) is 4.46. The monoisotopic (exact) mass is 359 g/mol. The van der Waals surface area contributed by atoms with Gasteiger partial charge in [-0.1, -0.05) is 36.0 Å². The molecule has 2 N–H and O–H groups in total. The van der Waals surface area contributed by atoms with E-state index in [1.165, 1.54) is 0 Å². The molecule has 5 nitrogen and oxygen atoms in total. The first-order chi connectivity index (χ1) is 12.1. The Bertz CT molecular complexity index is 708. The minimum Gasteiger partial charge on any atom is -0.512 e. The zero-order valence-electron chi connectivity index (χ0n) is 16.2. The van der Waals surface area contributed by atoms with Gasteiger partial charge >= 0.3 is 5.97 Å². The van der Waals surface area contributed by atoms with Gasteiger partial charge in [0.25, 0.3) is 0 Å². The van der Waals surface area contributed by atoms with Crippen molar-refractivity contribution in [2.24, 2.45) is 5.41 Å². The van der Waals surface area contributed by atoms with E-state index in [1.54, 1.807) is 38.1 Å². The maximum absolute atomic E-state index is 12.6. The molecule has 0 radical (unpaired) electrons. The lowest BCUT2D eigenvalue weighted by Crippen LogP contribution is -2.41. The van der Waals surface area contributed by atoms with E-state index in [0.29, 0.717) is 24.0 Å². The number of rotatable bonds is 6. The zero-order valence-corrected chi connectivity index (χ0v) is 16.2. The van der Waals surface area contributed by atoms with E-state index in [1.807, 2.05) is 32.1 Å². The van der Waals surface area contributed by atoms with Crippen molar-refractivity contribution in [1.29, 1.82) is 0 Å². The summed E-state index contributed by atoms with van der Waals surface area (Å²) in [5.74, 6) is -0.717. The maximum atomic E-state index is 12.6. The fourth-order valence-corrected chi connectivity index (χ4v) is 3.06. The maximum Gasteiger partial charge on any atom is 0.328 e. The van der Waals surface area contributed by atoms with E-state index in [9.17, 15) is 14.7 Å². The second-order valence-electron chi connectivity index (χ2n) is 7.08. The number of aliphatic hydroxyl groups is 1.